The summed E-state index contributed by atoms with van der Waals surface area (Å²) in [6, 6.07) is 5.81. The normalized spacial score (nSPS) is 18.4. The standard InChI is InChI=1S/C10H7BrN2O/c11-7-1-2-9(13-5-7)10(6-12)3-8(14)4-10/h1-2,5H,3-4H2. The summed E-state index contributed by atoms with van der Waals surface area (Å²) in [4.78, 5) is 15.1. The molecule has 0 N–H and O–H groups in total. The average Bonchev–Trinajstić information content (AvgIpc) is 2.14. The maximum atomic E-state index is 10.9. The molecule has 1 fully saturated rings. The van der Waals surface area contributed by atoms with Crippen molar-refractivity contribution in [2.24, 2.45) is 0 Å². The van der Waals surface area contributed by atoms with Crippen LogP contribution in [0.2, 0.25) is 0 Å². The van der Waals surface area contributed by atoms with Crippen molar-refractivity contribution in [2.45, 2.75) is 18.3 Å². The third kappa shape index (κ3) is 1.34. The van der Waals surface area contributed by atoms with E-state index in [1.54, 1.807) is 12.3 Å². The number of rotatable bonds is 1. The lowest BCUT2D eigenvalue weighted by atomic mass is 9.67. The number of carbonyl (C=O) groups is 1. The molecule has 1 heterocycles. The molecule has 0 spiro atoms. The molecule has 0 aliphatic heterocycles. The number of halogens is 1. The lowest BCUT2D eigenvalue weighted by Gasteiger charge is -2.32. The number of hydrogen-bond acceptors (Lipinski definition) is 3. The van der Waals surface area contributed by atoms with Gasteiger partial charge in [0.1, 0.15) is 11.2 Å². The topological polar surface area (TPSA) is 53.8 Å². The van der Waals surface area contributed by atoms with Crippen molar-refractivity contribution in [2.75, 3.05) is 0 Å². The van der Waals surface area contributed by atoms with Gasteiger partial charge in [0.15, 0.2) is 0 Å². The molecule has 0 unspecified atom stereocenters. The summed E-state index contributed by atoms with van der Waals surface area (Å²) in [5.41, 5.74) is 0.0421. The largest absolute Gasteiger partial charge is 0.300 e. The van der Waals surface area contributed by atoms with Gasteiger partial charge in [-0.15, -0.1) is 0 Å². The molecule has 1 aliphatic carbocycles. The van der Waals surface area contributed by atoms with Crippen LogP contribution in [0, 0.1) is 11.3 Å². The Morgan fingerprint density at radius 2 is 2.21 bits per heavy atom. The molecule has 1 saturated carbocycles. The molecule has 1 aromatic heterocycles. The summed E-state index contributed by atoms with van der Waals surface area (Å²) in [6.07, 6.45) is 2.26. The fourth-order valence-corrected chi connectivity index (χ4v) is 1.83. The Labute approximate surface area is 89.9 Å². The smallest absolute Gasteiger partial charge is 0.136 e. The molecule has 0 amide bonds. The van der Waals surface area contributed by atoms with Crippen LogP contribution in [-0.2, 0) is 10.2 Å². The summed E-state index contributed by atoms with van der Waals surface area (Å²) in [5.74, 6) is 0.135. The molecule has 0 radical (unpaired) electrons. The van der Waals surface area contributed by atoms with E-state index < -0.39 is 5.41 Å². The van der Waals surface area contributed by atoms with E-state index in [-0.39, 0.29) is 5.78 Å². The molecule has 4 heteroatoms. The van der Waals surface area contributed by atoms with Gasteiger partial charge >= 0.3 is 0 Å². The van der Waals surface area contributed by atoms with E-state index in [9.17, 15) is 4.79 Å². The Balaban J connectivity index is 2.35. The Morgan fingerprint density at radius 3 is 2.64 bits per heavy atom. The predicted molar refractivity (Wildman–Crippen MR) is 53.5 cm³/mol. The second-order valence-electron chi connectivity index (χ2n) is 3.45. The van der Waals surface area contributed by atoms with Gasteiger partial charge in [0.25, 0.3) is 0 Å². The number of nitrogens with zero attached hydrogens (tertiary/aromatic N) is 2. The van der Waals surface area contributed by atoms with Gasteiger partial charge in [-0.3, -0.25) is 9.78 Å². The van der Waals surface area contributed by atoms with Crippen LogP contribution in [0.25, 0.3) is 0 Å². The highest BCUT2D eigenvalue weighted by atomic mass is 79.9. The fraction of sp³-hybridized carbons (Fsp3) is 0.300. The van der Waals surface area contributed by atoms with Gasteiger partial charge in [-0.05, 0) is 28.1 Å². The van der Waals surface area contributed by atoms with Gasteiger partial charge in [-0.2, -0.15) is 5.26 Å². The minimum atomic E-state index is -0.655. The van der Waals surface area contributed by atoms with Gasteiger partial charge in [-0.25, -0.2) is 0 Å². The Hall–Kier alpha value is -1.21. The van der Waals surface area contributed by atoms with Crippen LogP contribution in [0.15, 0.2) is 22.8 Å². The lowest BCUT2D eigenvalue weighted by molar-refractivity contribution is -0.126. The molecule has 0 atom stereocenters. The molecule has 0 aromatic carbocycles. The van der Waals surface area contributed by atoms with Crippen LogP contribution in [0.3, 0.4) is 0 Å². The molecule has 2 rings (SSSR count). The van der Waals surface area contributed by atoms with Gasteiger partial charge < -0.3 is 0 Å². The Kier molecular flexibility index (Phi) is 2.12. The Morgan fingerprint density at radius 1 is 1.50 bits per heavy atom. The first kappa shape index (κ1) is 9.35. The van der Waals surface area contributed by atoms with Crippen LogP contribution in [0.1, 0.15) is 18.5 Å². The van der Waals surface area contributed by atoms with Crippen LogP contribution in [0.5, 0.6) is 0 Å². The zero-order valence-electron chi connectivity index (χ0n) is 7.33. The fourth-order valence-electron chi connectivity index (χ4n) is 1.60. The van der Waals surface area contributed by atoms with Crippen LogP contribution in [-0.4, -0.2) is 10.8 Å². The van der Waals surface area contributed by atoms with Crippen molar-refractivity contribution in [1.29, 1.82) is 5.26 Å². The number of nitriles is 1. The van der Waals surface area contributed by atoms with Crippen molar-refractivity contribution < 1.29 is 4.79 Å². The number of pyridine rings is 1. The first-order valence-corrected chi connectivity index (χ1v) is 5.01. The molecular weight excluding hydrogens is 244 g/mol. The van der Waals surface area contributed by atoms with E-state index in [4.69, 9.17) is 5.26 Å². The second-order valence-corrected chi connectivity index (χ2v) is 4.36. The first-order valence-electron chi connectivity index (χ1n) is 4.21. The first-order chi connectivity index (χ1) is 6.66. The molecular formula is C10H7BrN2O. The third-order valence-corrected chi connectivity index (χ3v) is 2.90. The number of hydrogen-bond donors (Lipinski definition) is 0. The zero-order valence-corrected chi connectivity index (χ0v) is 8.91. The van der Waals surface area contributed by atoms with Gasteiger partial charge in [0.2, 0.25) is 0 Å². The van der Waals surface area contributed by atoms with Gasteiger partial charge in [0.05, 0.1) is 11.8 Å². The minimum absolute atomic E-state index is 0.135. The maximum Gasteiger partial charge on any atom is 0.136 e. The van der Waals surface area contributed by atoms with Crippen molar-refractivity contribution in [1.82, 2.24) is 4.98 Å². The molecule has 3 nitrogen and oxygen atoms in total. The van der Waals surface area contributed by atoms with E-state index in [0.29, 0.717) is 18.5 Å². The molecule has 14 heavy (non-hydrogen) atoms. The summed E-state index contributed by atoms with van der Waals surface area (Å²) < 4.78 is 0.875. The van der Waals surface area contributed by atoms with E-state index in [1.807, 2.05) is 6.07 Å². The molecule has 0 bridgehead atoms. The van der Waals surface area contributed by atoms with E-state index >= 15 is 0 Å². The third-order valence-electron chi connectivity index (χ3n) is 2.43. The summed E-state index contributed by atoms with van der Waals surface area (Å²) in [7, 11) is 0. The second kappa shape index (κ2) is 3.18. The zero-order chi connectivity index (χ0) is 10.2. The molecule has 70 valence electrons. The number of ketones is 1. The quantitative estimate of drug-likeness (QED) is 0.766. The summed E-state index contributed by atoms with van der Waals surface area (Å²) >= 11 is 3.27. The number of Topliss-reactive ketones (excluding diaryl/α,β-unsaturated/α-hetero) is 1. The monoisotopic (exact) mass is 250 g/mol. The van der Waals surface area contributed by atoms with Crippen LogP contribution in [0.4, 0.5) is 0 Å². The molecule has 0 saturated heterocycles. The Bertz CT molecular complexity index is 411. The number of carbonyl (C=O) groups excluding carboxylic acids is 1. The van der Waals surface area contributed by atoms with Crippen LogP contribution >= 0.6 is 15.9 Å². The SMILES string of the molecule is N#CC1(c2ccc(Br)cn2)CC(=O)C1. The highest BCUT2D eigenvalue weighted by molar-refractivity contribution is 9.10. The summed E-state index contributed by atoms with van der Waals surface area (Å²) in [6.45, 7) is 0. The van der Waals surface area contributed by atoms with E-state index in [0.717, 1.165) is 4.47 Å². The summed E-state index contributed by atoms with van der Waals surface area (Å²) in [5, 5.41) is 9.02. The van der Waals surface area contributed by atoms with Crippen molar-refractivity contribution in [3.8, 4) is 6.07 Å². The van der Waals surface area contributed by atoms with Gasteiger partial charge in [-0.1, -0.05) is 0 Å². The minimum Gasteiger partial charge on any atom is -0.300 e. The van der Waals surface area contributed by atoms with E-state index in [1.165, 1.54) is 0 Å². The van der Waals surface area contributed by atoms with E-state index in [2.05, 4.69) is 27.0 Å². The lowest BCUT2D eigenvalue weighted by Crippen LogP contribution is -2.40. The van der Waals surface area contributed by atoms with Gasteiger partial charge in [0, 0.05) is 23.5 Å². The van der Waals surface area contributed by atoms with Crippen LogP contribution < -0.4 is 0 Å². The maximum absolute atomic E-state index is 10.9. The molecule has 1 aliphatic rings. The van der Waals surface area contributed by atoms with Crippen molar-refractivity contribution in [3.05, 3.63) is 28.5 Å². The number of aromatic nitrogens is 1. The average molecular weight is 251 g/mol. The highest BCUT2D eigenvalue weighted by Gasteiger charge is 2.46. The van der Waals surface area contributed by atoms with Crippen molar-refractivity contribution in [3.63, 3.8) is 0 Å². The molecule has 1 aromatic rings. The predicted octanol–water partition coefficient (Wildman–Crippen LogP) is 1.97. The highest BCUT2D eigenvalue weighted by Crippen LogP contribution is 2.39. The van der Waals surface area contributed by atoms with Crippen molar-refractivity contribution >= 4 is 21.7 Å².